The molecule has 1 saturated carbocycles. The van der Waals surface area contributed by atoms with Gasteiger partial charge in [-0.1, -0.05) is 57.7 Å². The molecule has 3 atom stereocenters. The Bertz CT molecular complexity index is 2640. The quantitative estimate of drug-likeness (QED) is 0.105. The van der Waals surface area contributed by atoms with Crippen molar-refractivity contribution in [2.45, 2.75) is 146 Å². The van der Waals surface area contributed by atoms with E-state index in [1.807, 2.05) is 63.8 Å². The molecule has 4 fully saturated rings. The van der Waals surface area contributed by atoms with Gasteiger partial charge in [-0.05, 0) is 99.4 Å². The average molecular weight is 1050 g/mol. The maximum atomic E-state index is 14.1. The van der Waals surface area contributed by atoms with Gasteiger partial charge in [-0.2, -0.15) is 0 Å². The Labute approximate surface area is 443 Å². The van der Waals surface area contributed by atoms with Crippen molar-refractivity contribution in [3.05, 3.63) is 65.6 Å². The van der Waals surface area contributed by atoms with Gasteiger partial charge in [-0.25, -0.2) is 15.0 Å². The predicted octanol–water partition coefficient (Wildman–Crippen LogP) is 6.58. The summed E-state index contributed by atoms with van der Waals surface area (Å²) in [5.74, 6) is 1.44. The molecule has 6 heterocycles. The van der Waals surface area contributed by atoms with Gasteiger partial charge in [-0.3, -0.25) is 19.2 Å². The summed E-state index contributed by atoms with van der Waals surface area (Å²) >= 11 is 3.13. The van der Waals surface area contributed by atoms with Crippen LogP contribution in [0.15, 0.2) is 64.2 Å². The molecule has 4 aromatic rings. The van der Waals surface area contributed by atoms with Crippen LogP contribution in [0.2, 0.25) is 0 Å². The van der Waals surface area contributed by atoms with Crippen LogP contribution in [-0.2, 0) is 25.7 Å². The van der Waals surface area contributed by atoms with Crippen LogP contribution in [0.3, 0.4) is 0 Å². The van der Waals surface area contributed by atoms with Gasteiger partial charge in [0.1, 0.15) is 35.3 Å². The lowest BCUT2D eigenvalue weighted by molar-refractivity contribution is -0.143. The maximum absolute atomic E-state index is 14.1. The molecule has 4 aliphatic heterocycles. The third-order valence-corrected chi connectivity index (χ3v) is 17.8. The number of fused-ring (bicyclic) bond motifs is 1. The van der Waals surface area contributed by atoms with Gasteiger partial charge >= 0.3 is 0 Å². The van der Waals surface area contributed by atoms with Gasteiger partial charge in [0.15, 0.2) is 5.75 Å². The number of aromatic nitrogens is 3. The molecule has 74 heavy (non-hydrogen) atoms. The lowest BCUT2D eigenvalue weighted by Crippen LogP contribution is -2.57. The highest BCUT2D eigenvalue weighted by Gasteiger charge is 2.44. The van der Waals surface area contributed by atoms with Crippen LogP contribution in [0, 0.1) is 23.7 Å². The second-order valence-corrected chi connectivity index (χ2v) is 24.2. The highest BCUT2D eigenvalue weighted by atomic mass is 32.2. The van der Waals surface area contributed by atoms with Crippen molar-refractivity contribution in [3.63, 3.8) is 0 Å². The van der Waals surface area contributed by atoms with E-state index in [0.717, 1.165) is 120 Å². The summed E-state index contributed by atoms with van der Waals surface area (Å²) in [6, 6.07) is 10.8. The molecule has 0 spiro atoms. The Kier molecular flexibility index (Phi) is 16.4. The summed E-state index contributed by atoms with van der Waals surface area (Å²) in [6.07, 6.45) is 9.58. The third kappa shape index (κ3) is 12.1. The molecular weight excluding hydrogens is 977 g/mol. The van der Waals surface area contributed by atoms with E-state index >= 15 is 0 Å². The molecule has 9 rings (SSSR count). The first-order valence-electron chi connectivity index (χ1n) is 26.5. The van der Waals surface area contributed by atoms with Crippen LogP contribution in [-0.4, -0.2) is 136 Å². The number of hydrogen-bond donors (Lipinski definition) is 4. The number of aliphatic hydroxyl groups is 1. The molecule has 0 bridgehead atoms. The van der Waals surface area contributed by atoms with E-state index in [9.17, 15) is 24.3 Å². The second kappa shape index (κ2) is 22.8. The Hall–Kier alpha value is -5.50. The van der Waals surface area contributed by atoms with Gasteiger partial charge in [0.2, 0.25) is 23.6 Å². The SMILES string of the molecule is CC(=O)N[C@H](C(=O)N1C[C@H](O)C[C@H]1C(=O)NCc1ccc(-c2scnc2C)cc1OC1CCC(C(=O)N2CCC(N3CCOc4c(Sc5cnc(N6CCC(C)(CN)CC6)cn5)cccc43)CC2)CC1)C(C)(C)C. The van der Waals surface area contributed by atoms with Crippen LogP contribution in [0.4, 0.5) is 11.5 Å². The van der Waals surface area contributed by atoms with Crippen LogP contribution >= 0.6 is 23.1 Å². The number of nitrogens with zero attached hydrogens (tertiary/aromatic N) is 7. The summed E-state index contributed by atoms with van der Waals surface area (Å²) in [5, 5.41) is 17.3. The molecule has 1 aliphatic carbocycles. The molecule has 2 aromatic carbocycles. The number of carbonyl (C=O) groups is 4. The van der Waals surface area contributed by atoms with Gasteiger partial charge in [0.05, 0.1) is 57.8 Å². The molecule has 5 N–H and O–H groups in total. The van der Waals surface area contributed by atoms with Crippen LogP contribution in [0.1, 0.15) is 104 Å². The molecular formula is C55H74N10O7S2. The van der Waals surface area contributed by atoms with Gasteiger partial charge < -0.3 is 50.5 Å². The number of ether oxygens (including phenoxy) is 2. The summed E-state index contributed by atoms with van der Waals surface area (Å²) in [4.78, 5) is 78.3. The zero-order chi connectivity index (χ0) is 52.3. The van der Waals surface area contributed by atoms with Crippen molar-refractivity contribution in [2.75, 3.05) is 62.2 Å². The van der Waals surface area contributed by atoms with Crippen molar-refractivity contribution in [1.29, 1.82) is 0 Å². The predicted molar refractivity (Wildman–Crippen MR) is 287 cm³/mol. The fraction of sp³-hybridized carbons (Fsp3) is 0.582. The molecule has 3 saturated heterocycles. The number of aryl methyl sites for hydroxylation is 1. The number of amides is 4. The highest BCUT2D eigenvalue weighted by molar-refractivity contribution is 7.99. The number of thiazole rings is 1. The Morgan fingerprint density at radius 2 is 1.74 bits per heavy atom. The Balaban J connectivity index is 0.786. The first-order valence-corrected chi connectivity index (χ1v) is 28.2. The molecule has 398 valence electrons. The number of rotatable bonds is 14. The van der Waals surface area contributed by atoms with Crippen molar-refractivity contribution >= 4 is 58.2 Å². The number of nitrogens with one attached hydrogen (secondary N) is 2. The molecule has 5 aliphatic rings. The van der Waals surface area contributed by atoms with Crippen molar-refractivity contribution in [1.82, 2.24) is 35.4 Å². The zero-order valence-electron chi connectivity index (χ0n) is 43.8. The van der Waals surface area contributed by atoms with E-state index < -0.39 is 35.4 Å². The van der Waals surface area contributed by atoms with Crippen molar-refractivity contribution in [2.24, 2.45) is 22.5 Å². The maximum Gasteiger partial charge on any atom is 0.246 e. The van der Waals surface area contributed by atoms with Crippen molar-refractivity contribution in [3.8, 4) is 21.9 Å². The Morgan fingerprint density at radius 1 is 0.986 bits per heavy atom. The van der Waals surface area contributed by atoms with E-state index in [1.165, 1.54) is 11.8 Å². The number of nitrogens with two attached hydrogens (primary N) is 1. The number of anilines is 2. The number of aliphatic hydroxyl groups excluding tert-OH is 1. The molecule has 19 heteroatoms. The smallest absolute Gasteiger partial charge is 0.246 e. The highest BCUT2D eigenvalue weighted by Crippen LogP contribution is 2.44. The standard InChI is InChI=1S/C55H74N10O7S2/c1-34-49(73-33-60-34)37-10-11-38(28-59-51(68)43-27-40(67)31-65(43)53(70)50(54(3,4)5)61-35(2)66)44(26-37)72-41-14-12-36(13-15-41)52(69)63-20-16-39(17-21-63)64-24-25-71-48-42(64)8-7-9-45(48)74-47-30-57-46(29-58-47)62-22-18-55(6,32-56)19-23-62/h7-11,26,29-30,33,36,39-41,43,50,67H,12-25,27-28,31-32,56H2,1-6H3,(H,59,68)(H,61,66)/t36?,40-,41?,43+,50-/m1/s1. The monoisotopic (exact) mass is 1050 g/mol. The normalized spacial score (nSPS) is 22.6. The summed E-state index contributed by atoms with van der Waals surface area (Å²) in [5.41, 5.74) is 11.2. The molecule has 4 amide bonds. The number of para-hydroxylation sites is 1. The average Bonchev–Trinajstić information content (AvgIpc) is 4.02. The molecule has 0 unspecified atom stereocenters. The van der Waals surface area contributed by atoms with E-state index in [2.05, 4.69) is 55.4 Å². The van der Waals surface area contributed by atoms with Gasteiger partial charge in [-0.15, -0.1) is 11.3 Å². The van der Waals surface area contributed by atoms with E-state index in [0.29, 0.717) is 38.0 Å². The number of benzene rings is 2. The van der Waals surface area contributed by atoms with E-state index in [1.54, 1.807) is 23.1 Å². The topological polar surface area (TPSA) is 209 Å². The number of hydrogen-bond acceptors (Lipinski definition) is 15. The van der Waals surface area contributed by atoms with Gasteiger partial charge in [0, 0.05) is 70.1 Å². The fourth-order valence-electron chi connectivity index (χ4n) is 11.2. The minimum atomic E-state index is -0.905. The van der Waals surface area contributed by atoms with Gasteiger partial charge in [0.25, 0.3) is 0 Å². The second-order valence-electron chi connectivity index (χ2n) is 22.3. The van der Waals surface area contributed by atoms with Crippen LogP contribution < -0.4 is 35.6 Å². The molecule has 17 nitrogen and oxygen atoms in total. The lowest BCUT2D eigenvalue weighted by atomic mass is 9.80. The summed E-state index contributed by atoms with van der Waals surface area (Å²) in [7, 11) is 0. The van der Waals surface area contributed by atoms with Crippen LogP contribution in [0.25, 0.3) is 10.4 Å². The first kappa shape index (κ1) is 53.3. The minimum absolute atomic E-state index is 0.00258. The molecule has 2 aromatic heterocycles. The number of β-amino-alcohol motifs (C(OH)–C–C–N with tert-alkyl or cyclic N) is 1. The van der Waals surface area contributed by atoms with Crippen LogP contribution in [0.5, 0.6) is 11.5 Å². The largest absolute Gasteiger partial charge is 0.490 e. The number of piperidine rings is 2. The Morgan fingerprint density at radius 3 is 2.41 bits per heavy atom. The third-order valence-electron chi connectivity index (χ3n) is 15.8. The van der Waals surface area contributed by atoms with E-state index in [4.69, 9.17) is 25.2 Å². The number of carbonyl (C=O) groups excluding carboxylic acids is 4. The van der Waals surface area contributed by atoms with E-state index in [-0.39, 0.29) is 48.8 Å². The minimum Gasteiger partial charge on any atom is -0.490 e. The summed E-state index contributed by atoms with van der Waals surface area (Å²) in [6.45, 7) is 16.7. The lowest BCUT2D eigenvalue weighted by Gasteiger charge is -2.43. The zero-order valence-corrected chi connectivity index (χ0v) is 45.4. The fourth-order valence-corrected chi connectivity index (χ4v) is 12.9. The number of likely N-dealkylation sites (tertiary alicyclic amines) is 2. The summed E-state index contributed by atoms with van der Waals surface area (Å²) < 4.78 is 13.1. The first-order chi connectivity index (χ1) is 35.5. The molecule has 0 radical (unpaired) electrons. The van der Waals surface area contributed by atoms with Crippen molar-refractivity contribution < 1.29 is 33.8 Å².